The van der Waals surface area contributed by atoms with Crippen LogP contribution in [0.4, 0.5) is 0 Å². The van der Waals surface area contributed by atoms with E-state index in [1.54, 1.807) is 0 Å². The summed E-state index contributed by atoms with van der Waals surface area (Å²) in [5, 5.41) is 0. The molecule has 0 saturated heterocycles. The van der Waals surface area contributed by atoms with Gasteiger partial charge in [0.05, 0.1) is 6.04 Å². The second-order valence-corrected chi connectivity index (χ2v) is 5.86. The maximum absolute atomic E-state index is 12.0. The highest BCUT2D eigenvalue weighted by Gasteiger charge is 2.26. The molecule has 94 valence electrons. The lowest BCUT2D eigenvalue weighted by Crippen LogP contribution is -2.43. The summed E-state index contributed by atoms with van der Waals surface area (Å²) in [6.07, 6.45) is 8.74. The standard InChI is InChI=1S/C13H25NOS/c1-11(9-10-16-3)14(2)12-7-5-4-6-8-13(12)15/h11-12H,4-10H2,1-3H3. The number of carbonyl (C=O) groups excluding carboxylic acids is 1. The Morgan fingerprint density at radius 3 is 2.88 bits per heavy atom. The quantitative estimate of drug-likeness (QED) is 0.692. The van der Waals surface area contributed by atoms with Gasteiger partial charge in [-0.3, -0.25) is 9.69 Å². The Morgan fingerprint density at radius 2 is 2.19 bits per heavy atom. The summed E-state index contributed by atoms with van der Waals surface area (Å²) < 4.78 is 0. The van der Waals surface area contributed by atoms with Crippen molar-refractivity contribution in [1.29, 1.82) is 0 Å². The minimum atomic E-state index is 0.194. The van der Waals surface area contributed by atoms with Gasteiger partial charge in [0.15, 0.2) is 0 Å². The highest BCUT2D eigenvalue weighted by Crippen LogP contribution is 2.21. The molecule has 2 atom stereocenters. The summed E-state index contributed by atoms with van der Waals surface area (Å²) in [5.41, 5.74) is 0. The number of nitrogens with zero attached hydrogens (tertiary/aromatic N) is 1. The molecule has 1 rings (SSSR count). The molecule has 1 aliphatic carbocycles. The molecule has 0 radical (unpaired) electrons. The zero-order valence-electron chi connectivity index (χ0n) is 10.9. The molecule has 0 heterocycles. The second kappa shape index (κ2) is 7.33. The van der Waals surface area contributed by atoms with Gasteiger partial charge in [0.2, 0.25) is 0 Å². The topological polar surface area (TPSA) is 20.3 Å². The van der Waals surface area contributed by atoms with Crippen molar-refractivity contribution in [2.45, 2.75) is 57.5 Å². The van der Waals surface area contributed by atoms with E-state index in [0.717, 1.165) is 19.3 Å². The molecule has 3 heteroatoms. The van der Waals surface area contributed by atoms with Crippen LogP contribution in [0.15, 0.2) is 0 Å². The van der Waals surface area contributed by atoms with Crippen LogP contribution in [0.3, 0.4) is 0 Å². The first-order chi connectivity index (χ1) is 7.66. The van der Waals surface area contributed by atoms with E-state index in [9.17, 15) is 4.79 Å². The maximum Gasteiger partial charge on any atom is 0.149 e. The van der Waals surface area contributed by atoms with Crippen molar-refractivity contribution in [2.24, 2.45) is 0 Å². The predicted molar refractivity (Wildman–Crippen MR) is 72.1 cm³/mol. The van der Waals surface area contributed by atoms with E-state index < -0.39 is 0 Å². The minimum Gasteiger partial charge on any atom is -0.298 e. The molecule has 1 fully saturated rings. The molecule has 0 aromatic rings. The fourth-order valence-electron chi connectivity index (χ4n) is 2.37. The molecular formula is C13H25NOS. The third-order valence-corrected chi connectivity index (χ3v) is 4.34. The first-order valence-electron chi connectivity index (χ1n) is 6.40. The number of hydrogen-bond donors (Lipinski definition) is 0. The molecule has 2 nitrogen and oxygen atoms in total. The lowest BCUT2D eigenvalue weighted by atomic mass is 10.0. The van der Waals surface area contributed by atoms with E-state index in [1.807, 2.05) is 11.8 Å². The molecule has 2 unspecified atom stereocenters. The SMILES string of the molecule is CSCCC(C)N(C)C1CCCCCC1=O. The molecule has 1 aliphatic rings. The van der Waals surface area contributed by atoms with E-state index in [2.05, 4.69) is 25.1 Å². The predicted octanol–water partition coefficient (Wildman–Crippen LogP) is 2.96. The lowest BCUT2D eigenvalue weighted by molar-refractivity contribution is -0.124. The Bertz CT molecular complexity index is 220. The third-order valence-electron chi connectivity index (χ3n) is 3.70. The highest BCUT2D eigenvalue weighted by molar-refractivity contribution is 7.98. The Hall–Kier alpha value is -0.0200. The molecule has 0 aromatic heterocycles. The van der Waals surface area contributed by atoms with E-state index in [1.165, 1.54) is 25.0 Å². The average Bonchev–Trinajstić information content (AvgIpc) is 2.49. The van der Waals surface area contributed by atoms with Gasteiger partial charge in [-0.05, 0) is 45.2 Å². The largest absolute Gasteiger partial charge is 0.298 e. The molecule has 0 aliphatic heterocycles. The van der Waals surface area contributed by atoms with E-state index in [4.69, 9.17) is 0 Å². The van der Waals surface area contributed by atoms with Crippen molar-refractivity contribution in [1.82, 2.24) is 4.90 Å². The van der Waals surface area contributed by atoms with Gasteiger partial charge in [-0.1, -0.05) is 12.8 Å². The number of thioether (sulfide) groups is 1. The van der Waals surface area contributed by atoms with Gasteiger partial charge in [0.1, 0.15) is 5.78 Å². The molecule has 1 saturated carbocycles. The third kappa shape index (κ3) is 4.10. The number of rotatable bonds is 5. The second-order valence-electron chi connectivity index (χ2n) is 4.88. The van der Waals surface area contributed by atoms with Crippen LogP contribution in [0.5, 0.6) is 0 Å². The Morgan fingerprint density at radius 1 is 1.44 bits per heavy atom. The molecular weight excluding hydrogens is 218 g/mol. The van der Waals surface area contributed by atoms with Gasteiger partial charge in [-0.25, -0.2) is 0 Å². The van der Waals surface area contributed by atoms with Crippen LogP contribution >= 0.6 is 11.8 Å². The summed E-state index contributed by atoms with van der Waals surface area (Å²) in [6, 6.07) is 0.721. The van der Waals surface area contributed by atoms with Gasteiger partial charge in [0.25, 0.3) is 0 Å². The number of Topliss-reactive ketones (excluding diaryl/α,β-unsaturated/α-hetero) is 1. The molecule has 0 spiro atoms. The Balaban J connectivity index is 2.49. The van der Waals surface area contributed by atoms with Gasteiger partial charge in [-0.15, -0.1) is 0 Å². The summed E-state index contributed by atoms with van der Waals surface area (Å²) in [7, 11) is 2.12. The van der Waals surface area contributed by atoms with Gasteiger partial charge in [0, 0.05) is 12.5 Å². The summed E-state index contributed by atoms with van der Waals surface area (Å²) in [4.78, 5) is 14.3. The smallest absolute Gasteiger partial charge is 0.149 e. The normalized spacial score (nSPS) is 24.5. The summed E-state index contributed by atoms with van der Waals surface area (Å²) in [6.45, 7) is 2.24. The number of carbonyl (C=O) groups is 1. The fraction of sp³-hybridized carbons (Fsp3) is 0.923. The van der Waals surface area contributed by atoms with Crippen molar-refractivity contribution >= 4 is 17.5 Å². The molecule has 0 amide bonds. The monoisotopic (exact) mass is 243 g/mol. The van der Waals surface area contributed by atoms with Crippen LogP contribution in [0.2, 0.25) is 0 Å². The van der Waals surface area contributed by atoms with Crippen LogP contribution in [-0.2, 0) is 4.79 Å². The average molecular weight is 243 g/mol. The van der Waals surface area contributed by atoms with Crippen LogP contribution in [0.1, 0.15) is 45.4 Å². The van der Waals surface area contributed by atoms with Gasteiger partial charge < -0.3 is 0 Å². The van der Waals surface area contributed by atoms with Crippen molar-refractivity contribution in [3.63, 3.8) is 0 Å². The zero-order valence-corrected chi connectivity index (χ0v) is 11.7. The highest BCUT2D eigenvalue weighted by atomic mass is 32.2. The number of hydrogen-bond acceptors (Lipinski definition) is 3. The molecule has 0 aromatic carbocycles. The van der Waals surface area contributed by atoms with E-state index in [0.29, 0.717) is 11.8 Å². The van der Waals surface area contributed by atoms with Crippen LogP contribution in [0, 0.1) is 0 Å². The Kier molecular flexibility index (Phi) is 6.44. The summed E-state index contributed by atoms with van der Waals surface area (Å²) in [5.74, 6) is 1.66. The lowest BCUT2D eigenvalue weighted by Gasteiger charge is -2.31. The van der Waals surface area contributed by atoms with Crippen LogP contribution < -0.4 is 0 Å². The Labute approximate surface area is 104 Å². The van der Waals surface area contributed by atoms with E-state index >= 15 is 0 Å². The molecule has 0 bridgehead atoms. The summed E-state index contributed by atoms with van der Waals surface area (Å²) >= 11 is 1.89. The molecule has 16 heavy (non-hydrogen) atoms. The first kappa shape index (κ1) is 14.0. The van der Waals surface area contributed by atoms with E-state index in [-0.39, 0.29) is 6.04 Å². The number of likely N-dealkylation sites (N-methyl/N-ethyl adjacent to an activating group) is 1. The molecule has 0 N–H and O–H groups in total. The van der Waals surface area contributed by atoms with Gasteiger partial charge in [-0.2, -0.15) is 11.8 Å². The van der Waals surface area contributed by atoms with Crippen molar-refractivity contribution in [3.8, 4) is 0 Å². The maximum atomic E-state index is 12.0. The van der Waals surface area contributed by atoms with Crippen molar-refractivity contribution < 1.29 is 4.79 Å². The van der Waals surface area contributed by atoms with Crippen LogP contribution in [-0.4, -0.2) is 41.8 Å². The zero-order chi connectivity index (χ0) is 12.0. The minimum absolute atomic E-state index is 0.194. The fourth-order valence-corrected chi connectivity index (χ4v) is 2.95. The van der Waals surface area contributed by atoms with Crippen molar-refractivity contribution in [2.75, 3.05) is 19.1 Å². The van der Waals surface area contributed by atoms with Crippen molar-refractivity contribution in [3.05, 3.63) is 0 Å². The number of ketones is 1. The first-order valence-corrected chi connectivity index (χ1v) is 7.79. The van der Waals surface area contributed by atoms with Crippen LogP contribution in [0.25, 0.3) is 0 Å². The van der Waals surface area contributed by atoms with Gasteiger partial charge >= 0.3 is 0 Å².